The Balaban J connectivity index is 2.19. The van der Waals surface area contributed by atoms with Gasteiger partial charge in [-0.2, -0.15) is 0 Å². The predicted molar refractivity (Wildman–Crippen MR) is 81.1 cm³/mol. The lowest BCUT2D eigenvalue weighted by atomic mass is 10.1. The van der Waals surface area contributed by atoms with Gasteiger partial charge in [-0.15, -0.1) is 5.73 Å². The Bertz CT molecular complexity index is 416. The van der Waals surface area contributed by atoms with Crippen molar-refractivity contribution in [2.45, 2.75) is 45.4 Å². The van der Waals surface area contributed by atoms with Gasteiger partial charge in [0.15, 0.2) is 0 Å². The zero-order valence-corrected chi connectivity index (χ0v) is 11.7. The SMILES string of the molecule is CCCCCCCC=C=CC(=O)Nc1ccccc1. The summed E-state index contributed by atoms with van der Waals surface area (Å²) in [5.41, 5.74) is 3.74. The maximum Gasteiger partial charge on any atom is 0.256 e. The standard InChI is InChI=1S/C17H23NO/c1-2-3-4-5-6-7-8-12-15-17(19)18-16-13-10-9-11-14-16/h8-11,13-15H,2-7H2,1H3,(H,18,19). The van der Waals surface area contributed by atoms with E-state index >= 15 is 0 Å². The Morgan fingerprint density at radius 3 is 2.63 bits per heavy atom. The quantitative estimate of drug-likeness (QED) is 0.408. The first kappa shape index (κ1) is 15.3. The van der Waals surface area contributed by atoms with Crippen LogP contribution in [0.1, 0.15) is 45.4 Å². The van der Waals surface area contributed by atoms with Gasteiger partial charge in [-0.05, 0) is 31.1 Å². The molecule has 1 aromatic carbocycles. The van der Waals surface area contributed by atoms with Crippen molar-refractivity contribution in [3.8, 4) is 0 Å². The Hall–Kier alpha value is -1.79. The molecule has 1 rings (SSSR count). The molecule has 0 bridgehead atoms. The highest BCUT2D eigenvalue weighted by Gasteiger charge is 1.94. The van der Waals surface area contributed by atoms with Crippen LogP contribution >= 0.6 is 0 Å². The predicted octanol–water partition coefficient (Wildman–Crippen LogP) is 4.70. The summed E-state index contributed by atoms with van der Waals surface area (Å²) < 4.78 is 0. The number of rotatable bonds is 8. The molecule has 0 aromatic heterocycles. The summed E-state index contributed by atoms with van der Waals surface area (Å²) in [6.07, 6.45) is 10.7. The fourth-order valence-electron chi connectivity index (χ4n) is 1.77. The maximum atomic E-state index is 11.5. The highest BCUT2D eigenvalue weighted by atomic mass is 16.1. The molecule has 1 aromatic rings. The average Bonchev–Trinajstić information content (AvgIpc) is 2.43. The molecule has 0 radical (unpaired) electrons. The number of amides is 1. The van der Waals surface area contributed by atoms with E-state index in [9.17, 15) is 4.79 Å². The lowest BCUT2D eigenvalue weighted by Crippen LogP contribution is -2.06. The number of carbonyl (C=O) groups is 1. The first-order chi connectivity index (χ1) is 9.33. The summed E-state index contributed by atoms with van der Waals surface area (Å²) in [5, 5.41) is 2.78. The number of benzene rings is 1. The zero-order chi connectivity index (χ0) is 13.8. The van der Waals surface area contributed by atoms with Gasteiger partial charge in [-0.1, -0.05) is 50.8 Å². The lowest BCUT2D eigenvalue weighted by Gasteiger charge is -1.99. The minimum absolute atomic E-state index is 0.131. The molecular formula is C17H23NO. The van der Waals surface area contributed by atoms with Gasteiger partial charge in [-0.3, -0.25) is 4.79 Å². The minimum Gasteiger partial charge on any atom is -0.322 e. The summed E-state index contributed by atoms with van der Waals surface area (Å²) in [6, 6.07) is 9.44. The molecule has 0 spiro atoms. The summed E-state index contributed by atoms with van der Waals surface area (Å²) in [7, 11) is 0. The minimum atomic E-state index is -0.131. The van der Waals surface area contributed by atoms with Crippen LogP contribution in [0.2, 0.25) is 0 Å². The largest absolute Gasteiger partial charge is 0.322 e. The number of anilines is 1. The number of unbranched alkanes of at least 4 members (excludes halogenated alkanes) is 5. The van der Waals surface area contributed by atoms with E-state index in [-0.39, 0.29) is 5.91 Å². The topological polar surface area (TPSA) is 29.1 Å². The van der Waals surface area contributed by atoms with E-state index in [1.165, 1.54) is 38.2 Å². The van der Waals surface area contributed by atoms with Crippen LogP contribution in [0.5, 0.6) is 0 Å². The number of carbonyl (C=O) groups excluding carboxylic acids is 1. The second-order valence-electron chi connectivity index (χ2n) is 4.57. The molecule has 2 nitrogen and oxygen atoms in total. The van der Waals surface area contributed by atoms with E-state index in [4.69, 9.17) is 0 Å². The summed E-state index contributed by atoms with van der Waals surface area (Å²) in [6.45, 7) is 2.22. The normalized spacial score (nSPS) is 9.53. The van der Waals surface area contributed by atoms with Crippen molar-refractivity contribution in [3.63, 3.8) is 0 Å². The van der Waals surface area contributed by atoms with Crippen molar-refractivity contribution in [3.05, 3.63) is 48.2 Å². The van der Waals surface area contributed by atoms with Gasteiger partial charge in [0.2, 0.25) is 0 Å². The van der Waals surface area contributed by atoms with Crippen molar-refractivity contribution >= 4 is 11.6 Å². The molecule has 1 amide bonds. The third-order valence-electron chi connectivity index (χ3n) is 2.83. The number of hydrogen-bond acceptors (Lipinski definition) is 1. The third kappa shape index (κ3) is 8.01. The lowest BCUT2D eigenvalue weighted by molar-refractivity contribution is -0.111. The molecule has 0 heterocycles. The smallest absolute Gasteiger partial charge is 0.256 e. The summed E-state index contributed by atoms with van der Waals surface area (Å²) in [4.78, 5) is 11.5. The van der Waals surface area contributed by atoms with Gasteiger partial charge >= 0.3 is 0 Å². The fourth-order valence-corrected chi connectivity index (χ4v) is 1.77. The van der Waals surface area contributed by atoms with Gasteiger partial charge in [0.05, 0.1) is 0 Å². The molecular weight excluding hydrogens is 234 g/mol. The van der Waals surface area contributed by atoms with Gasteiger partial charge in [0, 0.05) is 11.8 Å². The van der Waals surface area contributed by atoms with Gasteiger partial charge < -0.3 is 5.32 Å². The van der Waals surface area contributed by atoms with E-state index in [0.29, 0.717) is 0 Å². The van der Waals surface area contributed by atoms with Gasteiger partial charge in [0.1, 0.15) is 0 Å². The molecule has 0 aliphatic heterocycles. The Labute approximate surface area is 116 Å². The number of hydrogen-bond donors (Lipinski definition) is 1. The van der Waals surface area contributed by atoms with Crippen LogP contribution in [-0.4, -0.2) is 5.91 Å². The highest BCUT2D eigenvalue weighted by Crippen LogP contribution is 2.05. The van der Waals surface area contributed by atoms with Crippen LogP contribution in [0.15, 0.2) is 48.2 Å². The van der Waals surface area contributed by atoms with Crippen molar-refractivity contribution in [2.24, 2.45) is 0 Å². The van der Waals surface area contributed by atoms with Crippen LogP contribution in [0.3, 0.4) is 0 Å². The maximum absolute atomic E-state index is 11.5. The van der Waals surface area contributed by atoms with Crippen molar-refractivity contribution in [2.75, 3.05) is 5.32 Å². The van der Waals surface area contributed by atoms with E-state index in [2.05, 4.69) is 18.0 Å². The average molecular weight is 257 g/mol. The first-order valence-corrected chi connectivity index (χ1v) is 7.10. The van der Waals surface area contributed by atoms with Gasteiger partial charge in [0.25, 0.3) is 5.91 Å². The molecule has 0 unspecified atom stereocenters. The number of nitrogens with one attached hydrogen (secondary N) is 1. The van der Waals surface area contributed by atoms with E-state index in [0.717, 1.165) is 12.1 Å². The van der Waals surface area contributed by atoms with Crippen LogP contribution in [0, 0.1) is 0 Å². The Kier molecular flexibility index (Phi) is 8.17. The highest BCUT2D eigenvalue weighted by molar-refractivity contribution is 5.99. The van der Waals surface area contributed by atoms with E-state index < -0.39 is 0 Å². The Morgan fingerprint density at radius 1 is 1.16 bits per heavy atom. The van der Waals surface area contributed by atoms with Crippen LogP contribution in [-0.2, 0) is 4.79 Å². The summed E-state index contributed by atoms with van der Waals surface area (Å²) >= 11 is 0. The monoisotopic (exact) mass is 257 g/mol. The molecule has 102 valence electrons. The molecule has 0 aliphatic rings. The molecule has 19 heavy (non-hydrogen) atoms. The van der Waals surface area contributed by atoms with E-state index in [1.807, 2.05) is 36.4 Å². The van der Waals surface area contributed by atoms with Crippen LogP contribution < -0.4 is 5.32 Å². The molecule has 0 saturated carbocycles. The Morgan fingerprint density at radius 2 is 1.89 bits per heavy atom. The van der Waals surface area contributed by atoms with E-state index in [1.54, 1.807) is 0 Å². The molecule has 0 fully saturated rings. The van der Waals surface area contributed by atoms with Crippen molar-refractivity contribution in [1.29, 1.82) is 0 Å². The molecule has 0 aliphatic carbocycles. The third-order valence-corrected chi connectivity index (χ3v) is 2.83. The van der Waals surface area contributed by atoms with Crippen molar-refractivity contribution < 1.29 is 4.79 Å². The molecule has 2 heteroatoms. The van der Waals surface area contributed by atoms with Crippen LogP contribution in [0.4, 0.5) is 5.69 Å². The summed E-state index contributed by atoms with van der Waals surface area (Å²) in [5.74, 6) is -0.131. The zero-order valence-electron chi connectivity index (χ0n) is 11.7. The number of para-hydroxylation sites is 1. The van der Waals surface area contributed by atoms with Crippen LogP contribution in [0.25, 0.3) is 0 Å². The molecule has 1 N–H and O–H groups in total. The fraction of sp³-hybridized carbons (Fsp3) is 0.412. The molecule has 0 saturated heterocycles. The second-order valence-corrected chi connectivity index (χ2v) is 4.57. The first-order valence-electron chi connectivity index (χ1n) is 7.10. The van der Waals surface area contributed by atoms with Gasteiger partial charge in [-0.25, -0.2) is 0 Å². The second kappa shape index (κ2) is 10.2. The van der Waals surface area contributed by atoms with Crippen molar-refractivity contribution in [1.82, 2.24) is 0 Å². The molecule has 0 atom stereocenters.